The molecule has 3 nitrogen and oxygen atoms in total. The van der Waals surface area contributed by atoms with Gasteiger partial charge >= 0.3 is 5.97 Å². The fourth-order valence-corrected chi connectivity index (χ4v) is 1.81. The maximum atomic E-state index is 12.9. The van der Waals surface area contributed by atoms with Crippen molar-refractivity contribution >= 4 is 11.8 Å². The quantitative estimate of drug-likeness (QED) is 0.713. The highest BCUT2D eigenvalue weighted by molar-refractivity contribution is 5.83. The van der Waals surface area contributed by atoms with Crippen molar-refractivity contribution in [2.45, 2.75) is 39.5 Å². The number of esters is 1. The topological polar surface area (TPSA) is 43.4 Å². The Balaban J connectivity index is 2.36. The van der Waals surface area contributed by atoms with E-state index in [1.807, 2.05) is 6.92 Å². The van der Waals surface area contributed by atoms with Crippen LogP contribution in [0.3, 0.4) is 0 Å². The molecule has 1 rings (SSSR count). The molecule has 0 aliphatic heterocycles. The lowest BCUT2D eigenvalue weighted by Crippen LogP contribution is -2.08. The zero-order valence-corrected chi connectivity index (χ0v) is 11.4. The Labute approximate surface area is 112 Å². The van der Waals surface area contributed by atoms with Crippen LogP contribution in [0.25, 0.3) is 0 Å². The minimum absolute atomic E-state index is 0.0248. The van der Waals surface area contributed by atoms with Gasteiger partial charge in [-0.2, -0.15) is 0 Å². The molecule has 0 bridgehead atoms. The van der Waals surface area contributed by atoms with Crippen molar-refractivity contribution in [3.63, 3.8) is 0 Å². The predicted molar refractivity (Wildman–Crippen MR) is 70.3 cm³/mol. The van der Waals surface area contributed by atoms with Crippen LogP contribution in [0.2, 0.25) is 0 Å². The average molecular weight is 266 g/mol. The van der Waals surface area contributed by atoms with Gasteiger partial charge in [0, 0.05) is 12.8 Å². The second-order valence-electron chi connectivity index (χ2n) is 4.41. The Morgan fingerprint density at radius 3 is 2.58 bits per heavy atom. The molecule has 1 aromatic rings. The van der Waals surface area contributed by atoms with Gasteiger partial charge in [-0.25, -0.2) is 4.39 Å². The molecule has 19 heavy (non-hydrogen) atoms. The molecule has 0 spiro atoms. The van der Waals surface area contributed by atoms with E-state index in [1.54, 1.807) is 13.0 Å². The summed E-state index contributed by atoms with van der Waals surface area (Å²) in [6.45, 7) is 3.89. The van der Waals surface area contributed by atoms with Crippen LogP contribution in [0.15, 0.2) is 18.2 Å². The van der Waals surface area contributed by atoms with Crippen molar-refractivity contribution < 1.29 is 18.7 Å². The van der Waals surface area contributed by atoms with Gasteiger partial charge in [-0.3, -0.25) is 9.59 Å². The van der Waals surface area contributed by atoms with Gasteiger partial charge in [-0.15, -0.1) is 0 Å². The molecule has 0 atom stereocenters. The van der Waals surface area contributed by atoms with Crippen molar-refractivity contribution in [1.29, 1.82) is 0 Å². The SMILES string of the molecule is CCOC(=O)CCC(=O)CCc1ccc(F)cc1C. The predicted octanol–water partition coefficient (Wildman–Crippen LogP) is 2.98. The van der Waals surface area contributed by atoms with E-state index in [1.165, 1.54) is 12.1 Å². The van der Waals surface area contributed by atoms with Crippen molar-refractivity contribution in [3.05, 3.63) is 35.1 Å². The summed E-state index contributed by atoms with van der Waals surface area (Å²) in [7, 11) is 0. The van der Waals surface area contributed by atoms with Crippen LogP contribution in [0.1, 0.15) is 37.3 Å². The molecule has 4 heteroatoms. The molecule has 1 aromatic carbocycles. The van der Waals surface area contributed by atoms with Gasteiger partial charge in [0.15, 0.2) is 0 Å². The van der Waals surface area contributed by atoms with E-state index in [-0.39, 0.29) is 30.4 Å². The molecule has 0 heterocycles. The number of halogens is 1. The molecule has 0 aromatic heterocycles. The van der Waals surface area contributed by atoms with Gasteiger partial charge in [-0.1, -0.05) is 6.07 Å². The fourth-order valence-electron chi connectivity index (χ4n) is 1.81. The van der Waals surface area contributed by atoms with E-state index >= 15 is 0 Å². The van der Waals surface area contributed by atoms with Crippen LogP contribution in [-0.2, 0) is 20.7 Å². The molecular formula is C15H19FO3. The molecular weight excluding hydrogens is 247 g/mol. The fraction of sp³-hybridized carbons (Fsp3) is 0.467. The third-order valence-corrected chi connectivity index (χ3v) is 2.89. The lowest BCUT2D eigenvalue weighted by molar-refractivity contribution is -0.144. The van der Waals surface area contributed by atoms with Crippen molar-refractivity contribution in [2.75, 3.05) is 6.61 Å². The van der Waals surface area contributed by atoms with Crippen LogP contribution >= 0.6 is 0 Å². The number of aryl methyl sites for hydroxylation is 2. The molecule has 104 valence electrons. The van der Waals surface area contributed by atoms with Gasteiger partial charge < -0.3 is 4.74 Å². The highest BCUT2D eigenvalue weighted by atomic mass is 19.1. The first-order chi connectivity index (χ1) is 9.02. The van der Waals surface area contributed by atoms with Gasteiger partial charge in [0.05, 0.1) is 13.0 Å². The van der Waals surface area contributed by atoms with E-state index in [4.69, 9.17) is 4.74 Å². The lowest BCUT2D eigenvalue weighted by atomic mass is 10.0. The third kappa shape index (κ3) is 5.64. The largest absolute Gasteiger partial charge is 0.466 e. The summed E-state index contributed by atoms with van der Waals surface area (Å²) in [5, 5.41) is 0. The van der Waals surface area contributed by atoms with E-state index in [2.05, 4.69) is 0 Å². The number of benzene rings is 1. The van der Waals surface area contributed by atoms with Gasteiger partial charge in [-0.05, 0) is 43.5 Å². The number of hydrogen-bond donors (Lipinski definition) is 0. The van der Waals surface area contributed by atoms with Crippen LogP contribution < -0.4 is 0 Å². The monoisotopic (exact) mass is 266 g/mol. The Hall–Kier alpha value is -1.71. The average Bonchev–Trinajstić information content (AvgIpc) is 2.35. The second-order valence-corrected chi connectivity index (χ2v) is 4.41. The minimum Gasteiger partial charge on any atom is -0.466 e. The lowest BCUT2D eigenvalue weighted by Gasteiger charge is -2.05. The number of rotatable bonds is 7. The van der Waals surface area contributed by atoms with Gasteiger partial charge in [0.25, 0.3) is 0 Å². The molecule has 0 unspecified atom stereocenters. The summed E-state index contributed by atoms with van der Waals surface area (Å²) in [6, 6.07) is 4.55. The number of ether oxygens (including phenoxy) is 1. The summed E-state index contributed by atoms with van der Waals surface area (Å²) in [5.41, 5.74) is 1.81. The summed E-state index contributed by atoms with van der Waals surface area (Å²) in [6.07, 6.45) is 1.29. The maximum absolute atomic E-state index is 12.9. The molecule has 0 aliphatic rings. The zero-order valence-electron chi connectivity index (χ0n) is 11.4. The summed E-state index contributed by atoms with van der Waals surface area (Å²) < 4.78 is 17.7. The number of hydrogen-bond acceptors (Lipinski definition) is 3. The Kier molecular flexibility index (Phi) is 6.19. The number of carbonyl (C=O) groups excluding carboxylic acids is 2. The van der Waals surface area contributed by atoms with Crippen LogP contribution in [0, 0.1) is 12.7 Å². The summed E-state index contributed by atoms with van der Waals surface area (Å²) >= 11 is 0. The van der Waals surface area contributed by atoms with Crippen LogP contribution in [-0.4, -0.2) is 18.4 Å². The van der Waals surface area contributed by atoms with Crippen molar-refractivity contribution in [3.8, 4) is 0 Å². The van der Waals surface area contributed by atoms with Crippen molar-refractivity contribution in [1.82, 2.24) is 0 Å². The van der Waals surface area contributed by atoms with Gasteiger partial charge in [0.2, 0.25) is 0 Å². The zero-order chi connectivity index (χ0) is 14.3. The Morgan fingerprint density at radius 1 is 1.21 bits per heavy atom. The smallest absolute Gasteiger partial charge is 0.306 e. The first kappa shape index (κ1) is 15.3. The molecule has 0 N–H and O–H groups in total. The summed E-state index contributed by atoms with van der Waals surface area (Å²) in [4.78, 5) is 22.7. The normalized spacial score (nSPS) is 10.3. The molecule has 0 amide bonds. The highest BCUT2D eigenvalue weighted by Gasteiger charge is 2.09. The first-order valence-electron chi connectivity index (χ1n) is 6.45. The third-order valence-electron chi connectivity index (χ3n) is 2.89. The summed E-state index contributed by atoms with van der Waals surface area (Å²) in [5.74, 6) is -0.583. The minimum atomic E-state index is -0.339. The van der Waals surface area contributed by atoms with Crippen LogP contribution in [0.5, 0.6) is 0 Å². The van der Waals surface area contributed by atoms with E-state index in [9.17, 15) is 14.0 Å². The Morgan fingerprint density at radius 2 is 1.95 bits per heavy atom. The second kappa shape index (κ2) is 7.67. The molecule has 0 aliphatic carbocycles. The number of ketones is 1. The standard InChI is InChI=1S/C15H19FO3/c1-3-19-15(18)9-8-14(17)7-5-12-4-6-13(16)10-11(12)2/h4,6,10H,3,5,7-9H2,1-2H3. The van der Waals surface area contributed by atoms with E-state index < -0.39 is 0 Å². The Bertz CT molecular complexity index is 455. The van der Waals surface area contributed by atoms with Gasteiger partial charge in [0.1, 0.15) is 11.6 Å². The van der Waals surface area contributed by atoms with Crippen LogP contribution in [0.4, 0.5) is 4.39 Å². The maximum Gasteiger partial charge on any atom is 0.306 e. The molecule has 0 saturated heterocycles. The molecule has 0 radical (unpaired) electrons. The number of Topliss-reactive ketones (excluding diaryl/α,β-unsaturated/α-hetero) is 1. The highest BCUT2D eigenvalue weighted by Crippen LogP contribution is 2.13. The van der Waals surface area contributed by atoms with E-state index in [0.29, 0.717) is 19.4 Å². The molecule has 0 saturated carbocycles. The molecule has 0 fully saturated rings. The van der Waals surface area contributed by atoms with Crippen molar-refractivity contribution in [2.24, 2.45) is 0 Å². The number of carbonyl (C=O) groups is 2. The first-order valence-corrected chi connectivity index (χ1v) is 6.45. The van der Waals surface area contributed by atoms with E-state index in [0.717, 1.165) is 11.1 Å².